The van der Waals surface area contributed by atoms with Crippen molar-refractivity contribution in [1.29, 1.82) is 5.26 Å². The van der Waals surface area contributed by atoms with E-state index < -0.39 is 0 Å². The molecule has 0 unspecified atom stereocenters. The molecule has 1 aromatic heterocycles. The van der Waals surface area contributed by atoms with Gasteiger partial charge >= 0.3 is 0 Å². The molecule has 0 bridgehead atoms. The number of nitriles is 1. The number of nitrogens with one attached hydrogen (secondary N) is 1. The van der Waals surface area contributed by atoms with Crippen molar-refractivity contribution < 1.29 is 9.53 Å². The van der Waals surface area contributed by atoms with Crippen LogP contribution in [0.5, 0.6) is 5.75 Å². The minimum absolute atomic E-state index is 0.0764. The molecule has 3 aromatic carbocycles. The summed E-state index contributed by atoms with van der Waals surface area (Å²) in [5, 5.41) is 17.7. The van der Waals surface area contributed by atoms with E-state index in [0.29, 0.717) is 17.9 Å². The lowest BCUT2D eigenvalue weighted by molar-refractivity contribution is -0.117. The first kappa shape index (κ1) is 26.0. The number of para-hydroxylation sites is 1. The van der Waals surface area contributed by atoms with Gasteiger partial charge in [-0.05, 0) is 67.8 Å². The SMILES string of the molecule is Cc1ccc(COc2ccc(-c3nn(-c4ccccc4)cc3C=C(C#N)C(=O)NC3CCCCC3)cc2)cc1. The van der Waals surface area contributed by atoms with Gasteiger partial charge in [0.1, 0.15) is 24.0 Å². The maximum absolute atomic E-state index is 13.0. The summed E-state index contributed by atoms with van der Waals surface area (Å²) >= 11 is 0. The van der Waals surface area contributed by atoms with Gasteiger partial charge in [-0.2, -0.15) is 10.4 Å². The van der Waals surface area contributed by atoms with Crippen LogP contribution in [-0.2, 0) is 11.4 Å². The zero-order valence-corrected chi connectivity index (χ0v) is 22.1. The topological polar surface area (TPSA) is 79.9 Å². The van der Waals surface area contributed by atoms with Crippen molar-refractivity contribution in [1.82, 2.24) is 15.1 Å². The molecule has 0 radical (unpaired) electrons. The number of aryl methyl sites for hydroxylation is 1. The fourth-order valence-corrected chi connectivity index (χ4v) is 4.80. The van der Waals surface area contributed by atoms with E-state index in [1.54, 1.807) is 10.8 Å². The minimum atomic E-state index is -0.331. The molecule has 1 N–H and O–H groups in total. The normalized spacial score (nSPS) is 14.0. The van der Waals surface area contributed by atoms with Crippen LogP contribution in [0.4, 0.5) is 0 Å². The second-order valence-corrected chi connectivity index (χ2v) is 9.99. The molecular formula is C33H32N4O2. The van der Waals surface area contributed by atoms with Crippen molar-refractivity contribution in [2.45, 2.75) is 51.7 Å². The second-order valence-electron chi connectivity index (χ2n) is 9.99. The molecule has 0 spiro atoms. The highest BCUT2D eigenvalue weighted by molar-refractivity contribution is 6.02. The number of nitrogens with zero attached hydrogens (tertiary/aromatic N) is 3. The van der Waals surface area contributed by atoms with Gasteiger partial charge in [-0.3, -0.25) is 4.79 Å². The van der Waals surface area contributed by atoms with Crippen molar-refractivity contribution in [3.05, 3.63) is 107 Å². The maximum Gasteiger partial charge on any atom is 0.262 e. The molecule has 0 saturated heterocycles. The zero-order chi connectivity index (χ0) is 27.0. The van der Waals surface area contributed by atoms with Gasteiger partial charge in [0.2, 0.25) is 0 Å². The predicted molar refractivity (Wildman–Crippen MR) is 153 cm³/mol. The highest BCUT2D eigenvalue weighted by Crippen LogP contribution is 2.28. The van der Waals surface area contributed by atoms with E-state index >= 15 is 0 Å². The third-order valence-electron chi connectivity index (χ3n) is 7.02. The Morgan fingerprint density at radius 1 is 1.03 bits per heavy atom. The van der Waals surface area contributed by atoms with Gasteiger partial charge in [-0.15, -0.1) is 0 Å². The van der Waals surface area contributed by atoms with E-state index in [1.165, 1.54) is 12.0 Å². The molecule has 1 fully saturated rings. The number of rotatable bonds is 8. The highest BCUT2D eigenvalue weighted by atomic mass is 16.5. The van der Waals surface area contributed by atoms with Crippen LogP contribution in [0.1, 0.15) is 48.8 Å². The van der Waals surface area contributed by atoms with Gasteiger partial charge in [-0.1, -0.05) is 67.3 Å². The molecule has 1 saturated carbocycles. The van der Waals surface area contributed by atoms with Crippen LogP contribution in [0.2, 0.25) is 0 Å². The standard InChI is InChI=1S/C33H32N4O2/c1-24-12-14-25(15-13-24)23-39-31-18-16-26(17-19-31)32-28(22-37(36-32)30-10-6-3-7-11-30)20-27(21-34)33(38)35-29-8-4-2-5-9-29/h3,6-7,10-20,22,29H,2,4-5,8-9,23H2,1H3,(H,35,38). The van der Waals surface area contributed by atoms with Crippen molar-refractivity contribution in [3.8, 4) is 28.8 Å². The van der Waals surface area contributed by atoms with Crippen molar-refractivity contribution in [3.63, 3.8) is 0 Å². The molecule has 0 atom stereocenters. The zero-order valence-electron chi connectivity index (χ0n) is 22.1. The first-order valence-corrected chi connectivity index (χ1v) is 13.5. The summed E-state index contributed by atoms with van der Waals surface area (Å²) in [6.07, 6.45) is 8.83. The predicted octanol–water partition coefficient (Wildman–Crippen LogP) is 6.78. The first-order chi connectivity index (χ1) is 19.1. The fourth-order valence-electron chi connectivity index (χ4n) is 4.80. The maximum atomic E-state index is 13.0. The number of benzene rings is 3. The highest BCUT2D eigenvalue weighted by Gasteiger charge is 2.19. The molecule has 196 valence electrons. The van der Waals surface area contributed by atoms with Gasteiger partial charge in [0.15, 0.2) is 0 Å². The number of aromatic nitrogens is 2. The Balaban J connectivity index is 1.41. The summed E-state index contributed by atoms with van der Waals surface area (Å²) in [5.74, 6) is 0.422. The summed E-state index contributed by atoms with van der Waals surface area (Å²) in [4.78, 5) is 13.0. The number of amides is 1. The summed E-state index contributed by atoms with van der Waals surface area (Å²) in [5.41, 5.74) is 5.53. The summed E-state index contributed by atoms with van der Waals surface area (Å²) in [6.45, 7) is 2.55. The average molecular weight is 517 g/mol. The Morgan fingerprint density at radius 2 is 1.74 bits per heavy atom. The van der Waals surface area contributed by atoms with Crippen LogP contribution in [-0.4, -0.2) is 21.7 Å². The lowest BCUT2D eigenvalue weighted by Gasteiger charge is -2.22. The molecule has 4 aromatic rings. The third kappa shape index (κ3) is 6.63. The molecule has 1 amide bonds. The number of hydrogen-bond donors (Lipinski definition) is 1. The van der Waals surface area contributed by atoms with E-state index in [-0.39, 0.29) is 17.5 Å². The molecule has 1 heterocycles. The Morgan fingerprint density at radius 3 is 2.44 bits per heavy atom. The van der Waals surface area contributed by atoms with Gasteiger partial charge in [0.05, 0.1) is 11.4 Å². The van der Waals surface area contributed by atoms with E-state index in [1.807, 2.05) is 60.8 Å². The molecule has 39 heavy (non-hydrogen) atoms. The molecule has 1 aliphatic carbocycles. The average Bonchev–Trinajstić information content (AvgIpc) is 3.40. The van der Waals surface area contributed by atoms with E-state index in [4.69, 9.17) is 9.84 Å². The molecule has 6 nitrogen and oxygen atoms in total. The van der Waals surface area contributed by atoms with Crippen molar-refractivity contribution >= 4 is 12.0 Å². The number of carbonyl (C=O) groups is 1. The van der Waals surface area contributed by atoms with Crippen LogP contribution in [0.15, 0.2) is 90.6 Å². The number of carbonyl (C=O) groups excluding carboxylic acids is 1. The van der Waals surface area contributed by atoms with Crippen molar-refractivity contribution in [2.75, 3.05) is 0 Å². The monoisotopic (exact) mass is 516 g/mol. The molecule has 5 rings (SSSR count). The van der Waals surface area contributed by atoms with Crippen molar-refractivity contribution in [2.24, 2.45) is 0 Å². The molecule has 6 heteroatoms. The van der Waals surface area contributed by atoms with Gasteiger partial charge < -0.3 is 10.1 Å². The van der Waals surface area contributed by atoms with Crippen LogP contribution in [0, 0.1) is 18.3 Å². The van der Waals surface area contributed by atoms with Gasteiger partial charge in [0.25, 0.3) is 5.91 Å². The Kier molecular flexibility index (Phi) is 8.18. The lowest BCUT2D eigenvalue weighted by atomic mass is 9.95. The Labute approximate surface area is 229 Å². The van der Waals surface area contributed by atoms with Crippen LogP contribution in [0.3, 0.4) is 0 Å². The fraction of sp³-hybridized carbons (Fsp3) is 0.242. The Hall–Kier alpha value is -4.63. The first-order valence-electron chi connectivity index (χ1n) is 13.5. The smallest absolute Gasteiger partial charge is 0.262 e. The number of hydrogen-bond acceptors (Lipinski definition) is 4. The number of ether oxygens (including phenoxy) is 1. The van der Waals surface area contributed by atoms with E-state index in [2.05, 4.69) is 42.6 Å². The van der Waals surface area contributed by atoms with Gasteiger partial charge in [0, 0.05) is 23.4 Å². The quantitative estimate of drug-likeness (QED) is 0.207. The Bertz CT molecular complexity index is 1470. The molecule has 1 aliphatic rings. The largest absolute Gasteiger partial charge is 0.489 e. The molecular weight excluding hydrogens is 484 g/mol. The summed E-state index contributed by atoms with van der Waals surface area (Å²) < 4.78 is 7.75. The second kappa shape index (κ2) is 12.3. The van der Waals surface area contributed by atoms with Crippen LogP contribution in [0.25, 0.3) is 23.0 Å². The molecule has 0 aliphatic heterocycles. The van der Waals surface area contributed by atoms with E-state index in [0.717, 1.165) is 48.2 Å². The van der Waals surface area contributed by atoms with Crippen LogP contribution < -0.4 is 10.1 Å². The van der Waals surface area contributed by atoms with E-state index in [9.17, 15) is 10.1 Å². The summed E-state index contributed by atoms with van der Waals surface area (Å²) in [6, 6.07) is 28.0. The van der Waals surface area contributed by atoms with Crippen LogP contribution >= 0.6 is 0 Å². The van der Waals surface area contributed by atoms with Gasteiger partial charge in [-0.25, -0.2) is 4.68 Å². The lowest BCUT2D eigenvalue weighted by Crippen LogP contribution is -2.36. The minimum Gasteiger partial charge on any atom is -0.489 e. The summed E-state index contributed by atoms with van der Waals surface area (Å²) in [7, 11) is 0. The third-order valence-corrected chi connectivity index (χ3v) is 7.02.